The Bertz CT molecular complexity index is 3040. The molecule has 1 aliphatic rings. The van der Waals surface area contributed by atoms with Crippen LogP contribution >= 0.6 is 0 Å². The lowest BCUT2D eigenvalue weighted by molar-refractivity contribution is 0.980. The predicted molar refractivity (Wildman–Crippen MR) is 230 cm³/mol. The normalized spacial score (nSPS) is 12.6. The fraction of sp³-hybridized carbons (Fsp3) is 0.0392. The van der Waals surface area contributed by atoms with Gasteiger partial charge in [0.15, 0.2) is 5.82 Å². The molecular weight excluding hydrogens is 683 g/mol. The lowest BCUT2D eigenvalue weighted by atomic mass is 9.90. The molecule has 0 fully saturated rings. The van der Waals surface area contributed by atoms with Crippen LogP contribution in [0, 0.1) is 0 Å². The van der Waals surface area contributed by atoms with Gasteiger partial charge in [-0.05, 0) is 102 Å². The number of benzene rings is 6. The fourth-order valence-electron chi connectivity index (χ4n) is 8.48. The molecule has 0 saturated carbocycles. The summed E-state index contributed by atoms with van der Waals surface area (Å²) in [6, 6.07) is 62.0. The molecule has 0 aliphatic heterocycles. The lowest BCUT2D eigenvalue weighted by Gasteiger charge is -2.18. The number of nitrogens with zero attached hydrogens (tertiary/aromatic N) is 5. The van der Waals surface area contributed by atoms with Crippen LogP contribution in [-0.2, 0) is 6.42 Å². The molecule has 10 aromatic rings. The van der Waals surface area contributed by atoms with Crippen LogP contribution in [0.1, 0.15) is 23.2 Å². The molecule has 0 amide bonds. The molecule has 56 heavy (non-hydrogen) atoms. The molecule has 264 valence electrons. The van der Waals surface area contributed by atoms with Gasteiger partial charge >= 0.3 is 0 Å². The zero-order valence-corrected chi connectivity index (χ0v) is 30.5. The Morgan fingerprint density at radius 3 is 1.79 bits per heavy atom. The number of fused-ring (bicyclic) bond motifs is 6. The second-order valence-corrected chi connectivity index (χ2v) is 14.4. The summed E-state index contributed by atoms with van der Waals surface area (Å²) < 4.78 is 4.77. The number of para-hydroxylation sites is 2. The maximum absolute atomic E-state index is 5.08. The van der Waals surface area contributed by atoms with E-state index in [1.54, 1.807) is 0 Å². The van der Waals surface area contributed by atoms with Crippen molar-refractivity contribution >= 4 is 44.5 Å². The standard InChI is InChI=1S/C51H35N5/c1-4-13-34(14-5-1)44-33-45(35-15-6-2-7-16-35)54-51(53-44)36-22-26-40(27-23-36)55-46-20-11-10-19-41(46)42-28-24-37(31-48(42)55)38-25-29-43-49(32-38)56(39-17-8-3-9-18-39)47-21-12-30-52-50(43)47/h1-23,25-27,29-33H,24,28H2. The molecule has 11 rings (SSSR count). The first kappa shape index (κ1) is 32.1. The van der Waals surface area contributed by atoms with E-state index in [2.05, 4.69) is 173 Å². The van der Waals surface area contributed by atoms with Crippen molar-refractivity contribution in [2.24, 2.45) is 0 Å². The van der Waals surface area contributed by atoms with Gasteiger partial charge in [-0.2, -0.15) is 0 Å². The van der Waals surface area contributed by atoms with Gasteiger partial charge in [-0.3, -0.25) is 4.98 Å². The van der Waals surface area contributed by atoms with Crippen molar-refractivity contribution in [3.8, 4) is 45.3 Å². The molecule has 4 aromatic heterocycles. The first-order valence-corrected chi connectivity index (χ1v) is 19.2. The van der Waals surface area contributed by atoms with E-state index in [1.807, 2.05) is 24.4 Å². The Balaban J connectivity index is 1.03. The van der Waals surface area contributed by atoms with E-state index < -0.39 is 0 Å². The van der Waals surface area contributed by atoms with Gasteiger partial charge in [0.2, 0.25) is 0 Å². The predicted octanol–water partition coefficient (Wildman–Crippen LogP) is 12.4. The molecule has 1 aliphatic carbocycles. The van der Waals surface area contributed by atoms with Crippen molar-refractivity contribution < 1.29 is 0 Å². The van der Waals surface area contributed by atoms with E-state index >= 15 is 0 Å². The third-order valence-corrected chi connectivity index (χ3v) is 11.1. The van der Waals surface area contributed by atoms with Crippen LogP contribution in [0.25, 0.3) is 89.8 Å². The van der Waals surface area contributed by atoms with Gasteiger partial charge in [0.05, 0.1) is 39.1 Å². The summed E-state index contributed by atoms with van der Waals surface area (Å²) in [5.74, 6) is 0.705. The number of hydrogen-bond acceptors (Lipinski definition) is 3. The Labute approximate surface area is 324 Å². The van der Waals surface area contributed by atoms with E-state index in [0.29, 0.717) is 5.82 Å². The maximum Gasteiger partial charge on any atom is 0.160 e. The molecule has 0 radical (unpaired) electrons. The Hall–Kier alpha value is -7.37. The third-order valence-electron chi connectivity index (χ3n) is 11.1. The molecule has 5 nitrogen and oxygen atoms in total. The van der Waals surface area contributed by atoms with E-state index in [-0.39, 0.29) is 0 Å². The van der Waals surface area contributed by atoms with Crippen molar-refractivity contribution in [2.45, 2.75) is 12.8 Å². The van der Waals surface area contributed by atoms with E-state index in [1.165, 1.54) is 38.8 Å². The molecule has 0 N–H and O–H groups in total. The number of pyridine rings is 1. The van der Waals surface area contributed by atoms with Gasteiger partial charge in [0.25, 0.3) is 0 Å². The van der Waals surface area contributed by atoms with Gasteiger partial charge in [-0.15, -0.1) is 0 Å². The molecule has 0 unspecified atom stereocenters. The third kappa shape index (κ3) is 5.36. The smallest absolute Gasteiger partial charge is 0.160 e. The molecule has 0 atom stereocenters. The highest BCUT2D eigenvalue weighted by atomic mass is 15.0. The molecule has 0 bridgehead atoms. The van der Waals surface area contributed by atoms with Crippen molar-refractivity contribution in [1.29, 1.82) is 0 Å². The Morgan fingerprint density at radius 2 is 1.05 bits per heavy atom. The number of aryl methyl sites for hydroxylation is 1. The van der Waals surface area contributed by atoms with E-state index in [9.17, 15) is 0 Å². The summed E-state index contributed by atoms with van der Waals surface area (Å²) in [6.45, 7) is 0. The summed E-state index contributed by atoms with van der Waals surface area (Å²) in [5.41, 5.74) is 16.9. The molecule has 0 spiro atoms. The fourth-order valence-corrected chi connectivity index (χ4v) is 8.48. The average molecular weight is 718 g/mol. The quantitative estimate of drug-likeness (QED) is 0.172. The van der Waals surface area contributed by atoms with Gasteiger partial charge in [0, 0.05) is 45.0 Å². The highest BCUT2D eigenvalue weighted by Gasteiger charge is 2.23. The summed E-state index contributed by atoms with van der Waals surface area (Å²) in [7, 11) is 0. The summed E-state index contributed by atoms with van der Waals surface area (Å²) >= 11 is 0. The average Bonchev–Trinajstić information content (AvgIpc) is 3.79. The summed E-state index contributed by atoms with van der Waals surface area (Å²) in [6.07, 6.45) is 6.24. The topological polar surface area (TPSA) is 48.5 Å². The zero-order valence-electron chi connectivity index (χ0n) is 30.5. The number of hydrogen-bond donors (Lipinski definition) is 0. The minimum absolute atomic E-state index is 0.705. The van der Waals surface area contributed by atoms with Gasteiger partial charge in [-0.1, -0.05) is 109 Å². The number of allylic oxidation sites excluding steroid dienone is 1. The first-order valence-electron chi connectivity index (χ1n) is 19.2. The second-order valence-electron chi connectivity index (χ2n) is 14.4. The summed E-state index contributed by atoms with van der Waals surface area (Å²) in [5, 5.41) is 2.47. The van der Waals surface area contributed by atoms with Crippen molar-refractivity contribution in [2.75, 3.05) is 0 Å². The van der Waals surface area contributed by atoms with Crippen LogP contribution in [-0.4, -0.2) is 24.1 Å². The van der Waals surface area contributed by atoms with E-state index in [4.69, 9.17) is 15.0 Å². The van der Waals surface area contributed by atoms with Crippen LogP contribution in [0.2, 0.25) is 0 Å². The van der Waals surface area contributed by atoms with Crippen molar-refractivity contribution in [3.63, 3.8) is 0 Å². The summed E-state index contributed by atoms with van der Waals surface area (Å²) in [4.78, 5) is 15.0. The van der Waals surface area contributed by atoms with Crippen molar-refractivity contribution in [1.82, 2.24) is 24.1 Å². The van der Waals surface area contributed by atoms with Gasteiger partial charge in [-0.25, -0.2) is 9.97 Å². The SMILES string of the molecule is C1=C(c2ccc3c4ncccc4n(-c4ccccc4)c3c2)CCc2c1n(-c1ccc(-c3nc(-c4ccccc4)cc(-c4ccccc4)n3)cc1)c1ccccc21. The minimum atomic E-state index is 0.705. The van der Waals surface area contributed by atoms with E-state index in [0.717, 1.165) is 68.7 Å². The molecular formula is C51H35N5. The van der Waals surface area contributed by atoms with Crippen molar-refractivity contribution in [3.05, 3.63) is 199 Å². The second kappa shape index (κ2) is 13.2. The Kier molecular flexibility index (Phi) is 7.56. The van der Waals surface area contributed by atoms with Crippen LogP contribution in [0.3, 0.4) is 0 Å². The lowest BCUT2D eigenvalue weighted by Crippen LogP contribution is -2.03. The number of rotatable bonds is 6. The molecule has 0 saturated heterocycles. The van der Waals surface area contributed by atoms with Gasteiger partial charge in [0.1, 0.15) is 0 Å². The van der Waals surface area contributed by atoms with Crippen LogP contribution < -0.4 is 0 Å². The molecule has 5 heteroatoms. The highest BCUT2D eigenvalue weighted by molar-refractivity contribution is 6.08. The number of aromatic nitrogens is 5. The Morgan fingerprint density at radius 1 is 0.429 bits per heavy atom. The largest absolute Gasteiger partial charge is 0.310 e. The molecule has 6 aromatic carbocycles. The zero-order chi connectivity index (χ0) is 37.0. The monoisotopic (exact) mass is 717 g/mol. The minimum Gasteiger partial charge on any atom is -0.310 e. The van der Waals surface area contributed by atoms with Gasteiger partial charge < -0.3 is 9.13 Å². The van der Waals surface area contributed by atoms with Crippen LogP contribution in [0.15, 0.2) is 182 Å². The van der Waals surface area contributed by atoms with Crippen LogP contribution in [0.5, 0.6) is 0 Å². The first-order chi connectivity index (χ1) is 27.8. The van der Waals surface area contributed by atoms with Crippen LogP contribution in [0.4, 0.5) is 0 Å². The highest BCUT2D eigenvalue weighted by Crippen LogP contribution is 2.40. The maximum atomic E-state index is 5.08. The molecule has 4 heterocycles.